The number of rotatable bonds is 8. The van der Waals surface area contributed by atoms with Crippen molar-refractivity contribution in [2.75, 3.05) is 57.1 Å². The molecule has 0 aromatic heterocycles. The lowest BCUT2D eigenvalue weighted by Gasteiger charge is -2.26. The summed E-state index contributed by atoms with van der Waals surface area (Å²) in [4.78, 5) is 26.2. The van der Waals surface area contributed by atoms with Crippen LogP contribution in [0.1, 0.15) is 5.56 Å². The molecule has 10 heteroatoms. The van der Waals surface area contributed by atoms with Crippen molar-refractivity contribution < 1.29 is 22.7 Å². The van der Waals surface area contributed by atoms with Crippen LogP contribution in [-0.4, -0.2) is 75.9 Å². The number of morpholine rings is 1. The van der Waals surface area contributed by atoms with Crippen LogP contribution in [0.25, 0.3) is 0 Å². The van der Waals surface area contributed by atoms with Crippen molar-refractivity contribution in [1.29, 1.82) is 0 Å². The highest BCUT2D eigenvalue weighted by atomic mass is 32.2. The van der Waals surface area contributed by atoms with Crippen molar-refractivity contribution in [3.8, 4) is 0 Å². The first-order valence-corrected chi connectivity index (χ1v) is 11.7. The predicted molar refractivity (Wildman–Crippen MR) is 122 cm³/mol. The Morgan fingerprint density at radius 3 is 1.88 bits per heavy atom. The zero-order valence-corrected chi connectivity index (χ0v) is 19.0. The third-order valence-corrected chi connectivity index (χ3v) is 6.82. The fraction of sp³-hybridized carbons (Fsp3) is 0.364. The molecule has 0 atom stereocenters. The molecule has 2 aromatic carbocycles. The highest BCUT2D eigenvalue weighted by Gasteiger charge is 2.26. The standard InChI is InChI=1S/C22H28N4O5S/c1-17-3-5-18(6-4-17)23-21(27)15-25(2)16-22(28)24-19-7-9-20(10-8-19)32(29,30)26-11-13-31-14-12-26/h3-10H,11-16H2,1-2H3,(H,23,27)(H,24,28). The van der Waals surface area contributed by atoms with Crippen LogP contribution < -0.4 is 10.6 Å². The number of nitrogens with one attached hydrogen (secondary N) is 2. The fourth-order valence-electron chi connectivity index (χ4n) is 3.23. The summed E-state index contributed by atoms with van der Waals surface area (Å²) < 4.78 is 31.9. The average Bonchev–Trinajstić information content (AvgIpc) is 2.76. The van der Waals surface area contributed by atoms with Gasteiger partial charge in [-0.15, -0.1) is 0 Å². The van der Waals surface area contributed by atoms with Crippen molar-refractivity contribution in [3.05, 3.63) is 54.1 Å². The molecule has 1 heterocycles. The summed E-state index contributed by atoms with van der Waals surface area (Å²) in [6.07, 6.45) is 0. The third-order valence-electron chi connectivity index (χ3n) is 4.91. The van der Waals surface area contributed by atoms with Gasteiger partial charge in [0.25, 0.3) is 0 Å². The molecule has 0 saturated carbocycles. The molecule has 2 aromatic rings. The van der Waals surface area contributed by atoms with Gasteiger partial charge in [-0.25, -0.2) is 8.42 Å². The van der Waals surface area contributed by atoms with Gasteiger partial charge in [0.05, 0.1) is 31.2 Å². The lowest BCUT2D eigenvalue weighted by atomic mass is 10.2. The average molecular weight is 461 g/mol. The van der Waals surface area contributed by atoms with E-state index >= 15 is 0 Å². The van der Waals surface area contributed by atoms with Crippen molar-refractivity contribution in [2.24, 2.45) is 0 Å². The van der Waals surface area contributed by atoms with Gasteiger partial charge in [0.1, 0.15) is 0 Å². The van der Waals surface area contributed by atoms with E-state index in [-0.39, 0.29) is 29.8 Å². The number of carbonyl (C=O) groups excluding carboxylic acids is 2. The van der Waals surface area contributed by atoms with Gasteiger partial charge in [0.2, 0.25) is 21.8 Å². The summed E-state index contributed by atoms with van der Waals surface area (Å²) in [5, 5.41) is 5.51. The largest absolute Gasteiger partial charge is 0.379 e. The molecule has 3 rings (SSSR count). The van der Waals surface area contributed by atoms with Crippen LogP contribution in [0.15, 0.2) is 53.4 Å². The molecule has 0 spiro atoms. The number of benzene rings is 2. The molecule has 9 nitrogen and oxygen atoms in total. The molecular weight excluding hydrogens is 432 g/mol. The Hall–Kier alpha value is -2.79. The van der Waals surface area contributed by atoms with Crippen molar-refractivity contribution in [1.82, 2.24) is 9.21 Å². The molecule has 0 radical (unpaired) electrons. The smallest absolute Gasteiger partial charge is 0.243 e. The zero-order valence-electron chi connectivity index (χ0n) is 18.2. The number of carbonyl (C=O) groups is 2. The van der Waals surface area contributed by atoms with E-state index in [1.54, 1.807) is 24.1 Å². The normalized spacial score (nSPS) is 14.8. The van der Waals surface area contributed by atoms with Crippen molar-refractivity contribution in [2.45, 2.75) is 11.8 Å². The van der Waals surface area contributed by atoms with Gasteiger partial charge in [0, 0.05) is 24.5 Å². The molecule has 32 heavy (non-hydrogen) atoms. The van der Waals surface area contributed by atoms with E-state index in [1.165, 1.54) is 16.4 Å². The number of hydrogen-bond donors (Lipinski definition) is 2. The van der Waals surface area contributed by atoms with Crippen LogP contribution in [0, 0.1) is 6.92 Å². The number of likely N-dealkylation sites (N-methyl/N-ethyl adjacent to an activating group) is 1. The van der Waals surface area contributed by atoms with Crippen LogP contribution in [-0.2, 0) is 24.3 Å². The SMILES string of the molecule is Cc1ccc(NC(=O)CN(C)CC(=O)Nc2ccc(S(=O)(=O)N3CCOCC3)cc2)cc1. The van der Waals surface area contributed by atoms with E-state index in [0.717, 1.165) is 5.56 Å². The van der Waals surface area contributed by atoms with Gasteiger partial charge in [-0.1, -0.05) is 17.7 Å². The highest BCUT2D eigenvalue weighted by molar-refractivity contribution is 7.89. The molecule has 0 unspecified atom stereocenters. The first-order valence-electron chi connectivity index (χ1n) is 10.3. The minimum Gasteiger partial charge on any atom is -0.379 e. The van der Waals surface area contributed by atoms with Crippen molar-refractivity contribution in [3.63, 3.8) is 0 Å². The second-order valence-electron chi connectivity index (χ2n) is 7.68. The van der Waals surface area contributed by atoms with Crippen LogP contribution >= 0.6 is 0 Å². The maximum atomic E-state index is 12.7. The molecule has 0 bridgehead atoms. The quantitative estimate of drug-likeness (QED) is 0.619. The summed E-state index contributed by atoms with van der Waals surface area (Å²) in [5.74, 6) is -0.527. The fourth-order valence-corrected chi connectivity index (χ4v) is 4.64. The maximum absolute atomic E-state index is 12.7. The Kier molecular flexibility index (Phi) is 7.97. The first-order chi connectivity index (χ1) is 15.2. The lowest BCUT2D eigenvalue weighted by molar-refractivity contribution is -0.119. The van der Waals surface area contributed by atoms with Gasteiger partial charge < -0.3 is 15.4 Å². The maximum Gasteiger partial charge on any atom is 0.243 e. The molecule has 1 saturated heterocycles. The summed E-state index contributed by atoms with van der Waals surface area (Å²) >= 11 is 0. The predicted octanol–water partition coefficient (Wildman–Crippen LogP) is 1.52. The molecule has 172 valence electrons. The Labute approximate surface area is 188 Å². The molecule has 0 aliphatic carbocycles. The molecule has 2 amide bonds. The minimum atomic E-state index is -3.58. The number of ether oxygens (including phenoxy) is 1. The molecule has 1 aliphatic heterocycles. The Morgan fingerprint density at radius 2 is 1.38 bits per heavy atom. The van der Waals surface area contributed by atoms with Gasteiger partial charge in [-0.05, 0) is 50.4 Å². The second-order valence-corrected chi connectivity index (χ2v) is 9.61. The van der Waals surface area contributed by atoms with Crippen LogP contribution in [0.4, 0.5) is 11.4 Å². The number of hydrogen-bond acceptors (Lipinski definition) is 6. The number of anilines is 2. The van der Waals surface area contributed by atoms with E-state index in [1.807, 2.05) is 31.2 Å². The lowest BCUT2D eigenvalue weighted by Crippen LogP contribution is -2.40. The molecule has 1 fully saturated rings. The van der Waals surface area contributed by atoms with E-state index in [2.05, 4.69) is 10.6 Å². The third kappa shape index (κ3) is 6.60. The summed E-state index contributed by atoms with van der Waals surface area (Å²) in [5.41, 5.74) is 2.28. The van der Waals surface area contributed by atoms with Crippen molar-refractivity contribution >= 4 is 33.2 Å². The van der Waals surface area contributed by atoms with Crippen LogP contribution in [0.2, 0.25) is 0 Å². The molecule has 2 N–H and O–H groups in total. The van der Waals surface area contributed by atoms with Gasteiger partial charge in [0.15, 0.2) is 0 Å². The van der Waals surface area contributed by atoms with Crippen LogP contribution in [0.3, 0.4) is 0 Å². The summed E-state index contributed by atoms with van der Waals surface area (Å²) in [6, 6.07) is 13.5. The number of aryl methyl sites for hydroxylation is 1. The van der Waals surface area contributed by atoms with E-state index in [4.69, 9.17) is 4.74 Å². The highest BCUT2D eigenvalue weighted by Crippen LogP contribution is 2.19. The Bertz CT molecular complexity index is 1030. The summed E-state index contributed by atoms with van der Waals surface area (Å²) in [6.45, 7) is 3.44. The number of nitrogens with zero attached hydrogens (tertiary/aromatic N) is 2. The molecule has 1 aliphatic rings. The van der Waals surface area contributed by atoms with Gasteiger partial charge >= 0.3 is 0 Å². The Balaban J connectivity index is 1.48. The van der Waals surface area contributed by atoms with E-state index < -0.39 is 10.0 Å². The van der Waals surface area contributed by atoms with E-state index in [9.17, 15) is 18.0 Å². The monoisotopic (exact) mass is 460 g/mol. The van der Waals surface area contributed by atoms with Gasteiger partial charge in [-0.2, -0.15) is 4.31 Å². The van der Waals surface area contributed by atoms with E-state index in [0.29, 0.717) is 37.7 Å². The number of sulfonamides is 1. The Morgan fingerprint density at radius 1 is 0.906 bits per heavy atom. The van der Waals surface area contributed by atoms with Crippen LogP contribution in [0.5, 0.6) is 0 Å². The molecular formula is C22H28N4O5S. The summed E-state index contributed by atoms with van der Waals surface area (Å²) in [7, 11) is -1.91. The number of amides is 2. The second kappa shape index (κ2) is 10.7. The minimum absolute atomic E-state index is 0.00907. The first kappa shape index (κ1) is 23.9. The van der Waals surface area contributed by atoms with Gasteiger partial charge in [-0.3, -0.25) is 14.5 Å². The topological polar surface area (TPSA) is 108 Å². The zero-order chi connectivity index (χ0) is 23.1.